The molecule has 0 aliphatic heterocycles. The summed E-state index contributed by atoms with van der Waals surface area (Å²) in [6, 6.07) is 6.51. The molecule has 0 aromatic heterocycles. The van der Waals surface area contributed by atoms with Gasteiger partial charge in [0.15, 0.2) is 0 Å². The number of nitrogens with one attached hydrogen (secondary N) is 1. The van der Waals surface area contributed by atoms with Crippen molar-refractivity contribution in [2.24, 2.45) is 0 Å². The first-order chi connectivity index (χ1) is 10.1. The molecular weight excluding hydrogens is 272 g/mol. The van der Waals surface area contributed by atoms with Gasteiger partial charge in [-0.2, -0.15) is 0 Å². The first-order valence-electron chi connectivity index (χ1n) is 7.05. The number of carbonyl (C=O) groups excluding carboxylic acids is 1. The minimum absolute atomic E-state index is 0.0741. The van der Waals surface area contributed by atoms with E-state index in [0.717, 1.165) is 6.42 Å². The lowest BCUT2D eigenvalue weighted by molar-refractivity contribution is 0.0695. The molecule has 0 bridgehead atoms. The average molecular weight is 294 g/mol. The van der Waals surface area contributed by atoms with Gasteiger partial charge in [0, 0.05) is 19.6 Å². The van der Waals surface area contributed by atoms with E-state index in [1.54, 1.807) is 29.2 Å². The summed E-state index contributed by atoms with van der Waals surface area (Å²) in [5.41, 5.74) is 0.946. The summed E-state index contributed by atoms with van der Waals surface area (Å²) < 4.78 is 0. The monoisotopic (exact) mass is 294 g/mol. The second-order valence-corrected chi connectivity index (χ2v) is 4.65. The highest BCUT2D eigenvalue weighted by molar-refractivity contribution is 5.89. The molecule has 0 aliphatic rings. The molecule has 6 nitrogen and oxygen atoms in total. The predicted octanol–water partition coefficient (Wildman–Crippen LogP) is 1.34. The minimum Gasteiger partial charge on any atom is -0.478 e. The van der Waals surface area contributed by atoms with Crippen molar-refractivity contribution in [3.8, 4) is 0 Å². The van der Waals surface area contributed by atoms with Crippen molar-refractivity contribution in [2.75, 3.05) is 26.2 Å². The summed E-state index contributed by atoms with van der Waals surface area (Å²) in [5.74, 6) is -0.968. The molecule has 0 fully saturated rings. The Kier molecular flexibility index (Phi) is 7.25. The van der Waals surface area contributed by atoms with Crippen molar-refractivity contribution < 1.29 is 19.8 Å². The van der Waals surface area contributed by atoms with Gasteiger partial charge in [-0.25, -0.2) is 9.59 Å². The molecule has 116 valence electrons. The van der Waals surface area contributed by atoms with Crippen molar-refractivity contribution in [2.45, 2.75) is 19.8 Å². The van der Waals surface area contributed by atoms with Gasteiger partial charge in [0.25, 0.3) is 0 Å². The number of aromatic carboxylic acids is 1. The van der Waals surface area contributed by atoms with E-state index in [2.05, 4.69) is 5.32 Å². The number of carboxylic acid groups (broad SMARTS) is 1. The van der Waals surface area contributed by atoms with E-state index in [0.29, 0.717) is 31.6 Å². The second-order valence-electron chi connectivity index (χ2n) is 4.65. The van der Waals surface area contributed by atoms with E-state index in [-0.39, 0.29) is 18.2 Å². The molecular formula is C15H22N2O4. The average Bonchev–Trinajstić information content (AvgIpc) is 2.47. The fraction of sp³-hybridized carbons (Fsp3) is 0.467. The van der Waals surface area contributed by atoms with Crippen molar-refractivity contribution in [3.63, 3.8) is 0 Å². The number of rotatable bonds is 8. The van der Waals surface area contributed by atoms with Crippen LogP contribution >= 0.6 is 0 Å². The van der Waals surface area contributed by atoms with Crippen LogP contribution in [-0.4, -0.2) is 53.4 Å². The van der Waals surface area contributed by atoms with E-state index in [1.165, 1.54) is 0 Å². The topological polar surface area (TPSA) is 89.9 Å². The first kappa shape index (κ1) is 17.0. The molecule has 0 radical (unpaired) electrons. The molecule has 0 aliphatic carbocycles. The lowest BCUT2D eigenvalue weighted by Gasteiger charge is -2.21. The molecule has 0 heterocycles. The number of hydrogen-bond acceptors (Lipinski definition) is 3. The van der Waals surface area contributed by atoms with E-state index in [9.17, 15) is 9.59 Å². The van der Waals surface area contributed by atoms with Crippen molar-refractivity contribution in [3.05, 3.63) is 35.4 Å². The van der Waals surface area contributed by atoms with E-state index < -0.39 is 5.97 Å². The van der Waals surface area contributed by atoms with E-state index in [4.69, 9.17) is 10.2 Å². The maximum atomic E-state index is 11.9. The van der Waals surface area contributed by atoms with Crippen molar-refractivity contribution in [1.29, 1.82) is 0 Å². The minimum atomic E-state index is -0.968. The van der Waals surface area contributed by atoms with Gasteiger partial charge in [-0.3, -0.25) is 0 Å². The quantitative estimate of drug-likeness (QED) is 0.675. The summed E-state index contributed by atoms with van der Waals surface area (Å²) in [6.07, 6.45) is 1.27. The van der Waals surface area contributed by atoms with Crippen LogP contribution in [0.5, 0.6) is 0 Å². The van der Waals surface area contributed by atoms with Crippen LogP contribution in [0.2, 0.25) is 0 Å². The van der Waals surface area contributed by atoms with E-state index in [1.807, 2.05) is 6.92 Å². The third-order valence-electron chi connectivity index (χ3n) is 3.07. The fourth-order valence-corrected chi connectivity index (χ4v) is 2.07. The molecule has 3 N–H and O–H groups in total. The largest absolute Gasteiger partial charge is 0.478 e. The van der Waals surface area contributed by atoms with Crippen LogP contribution in [0.15, 0.2) is 24.3 Å². The molecule has 1 aromatic carbocycles. The van der Waals surface area contributed by atoms with Gasteiger partial charge in [-0.1, -0.05) is 25.1 Å². The molecule has 0 saturated carbocycles. The van der Waals surface area contributed by atoms with E-state index >= 15 is 0 Å². The van der Waals surface area contributed by atoms with Gasteiger partial charge < -0.3 is 20.4 Å². The number of carbonyl (C=O) groups is 2. The molecule has 1 aromatic rings. The zero-order valence-corrected chi connectivity index (χ0v) is 12.2. The Bertz CT molecular complexity index is 470. The highest BCUT2D eigenvalue weighted by Gasteiger charge is 2.12. The number of benzene rings is 1. The smallest absolute Gasteiger partial charge is 0.335 e. The van der Waals surface area contributed by atoms with Gasteiger partial charge in [0.05, 0.1) is 12.2 Å². The lowest BCUT2D eigenvalue weighted by Crippen LogP contribution is -2.42. The third-order valence-corrected chi connectivity index (χ3v) is 3.07. The zero-order chi connectivity index (χ0) is 15.7. The van der Waals surface area contributed by atoms with Gasteiger partial charge in [0.2, 0.25) is 0 Å². The number of aliphatic hydroxyl groups excluding tert-OH is 1. The highest BCUT2D eigenvalue weighted by Crippen LogP contribution is 2.09. The van der Waals surface area contributed by atoms with Crippen LogP contribution in [0.1, 0.15) is 29.3 Å². The Morgan fingerprint density at radius 3 is 2.57 bits per heavy atom. The summed E-state index contributed by atoms with van der Waals surface area (Å²) in [4.78, 5) is 24.5. The number of amides is 2. The number of aliphatic hydroxyl groups is 1. The summed E-state index contributed by atoms with van der Waals surface area (Å²) in [5, 5.41) is 20.8. The highest BCUT2D eigenvalue weighted by atomic mass is 16.4. The molecule has 2 amide bonds. The summed E-state index contributed by atoms with van der Waals surface area (Å²) >= 11 is 0. The molecule has 6 heteroatoms. The molecule has 0 atom stereocenters. The maximum absolute atomic E-state index is 11.9. The standard InChI is InChI=1S/C15H22N2O4/c1-2-9-17(10-11-18)15(21)16-8-7-12-5-3-4-6-13(12)14(19)20/h3-6,18H,2,7-11H2,1H3,(H,16,21)(H,19,20). The molecule has 0 saturated heterocycles. The van der Waals surface area contributed by atoms with Gasteiger partial charge in [-0.05, 0) is 24.5 Å². The van der Waals surface area contributed by atoms with Crippen LogP contribution in [0.4, 0.5) is 4.79 Å². The van der Waals surface area contributed by atoms with Crippen LogP contribution in [0.3, 0.4) is 0 Å². The molecule has 1 rings (SSSR count). The summed E-state index contributed by atoms with van der Waals surface area (Å²) in [6.45, 7) is 3.12. The Morgan fingerprint density at radius 2 is 1.95 bits per heavy atom. The fourth-order valence-electron chi connectivity index (χ4n) is 2.07. The number of carboxylic acids is 1. The van der Waals surface area contributed by atoms with Crippen molar-refractivity contribution >= 4 is 12.0 Å². The normalized spacial score (nSPS) is 10.2. The van der Waals surface area contributed by atoms with Gasteiger partial charge in [0.1, 0.15) is 0 Å². The van der Waals surface area contributed by atoms with Gasteiger partial charge >= 0.3 is 12.0 Å². The number of nitrogens with zero attached hydrogens (tertiary/aromatic N) is 1. The molecule has 21 heavy (non-hydrogen) atoms. The first-order valence-corrected chi connectivity index (χ1v) is 7.05. The third kappa shape index (κ3) is 5.43. The van der Waals surface area contributed by atoms with Gasteiger partial charge in [-0.15, -0.1) is 0 Å². The Morgan fingerprint density at radius 1 is 1.24 bits per heavy atom. The number of urea groups is 1. The summed E-state index contributed by atoms with van der Waals surface area (Å²) in [7, 11) is 0. The maximum Gasteiger partial charge on any atom is 0.335 e. The Labute approximate surface area is 124 Å². The Balaban J connectivity index is 2.53. The second kappa shape index (κ2) is 8.97. The molecule has 0 unspecified atom stereocenters. The predicted molar refractivity (Wildman–Crippen MR) is 79.5 cm³/mol. The molecule has 0 spiro atoms. The number of hydrogen-bond donors (Lipinski definition) is 3. The Hall–Kier alpha value is -2.08. The van der Waals surface area contributed by atoms with Crippen molar-refractivity contribution in [1.82, 2.24) is 10.2 Å². The SMILES string of the molecule is CCCN(CCO)C(=O)NCCc1ccccc1C(=O)O. The van der Waals surface area contributed by atoms with Crippen LogP contribution in [-0.2, 0) is 6.42 Å². The zero-order valence-electron chi connectivity index (χ0n) is 12.2. The van der Waals surface area contributed by atoms with Crippen LogP contribution < -0.4 is 5.32 Å². The van der Waals surface area contributed by atoms with Crippen LogP contribution in [0.25, 0.3) is 0 Å². The lowest BCUT2D eigenvalue weighted by atomic mass is 10.0. The van der Waals surface area contributed by atoms with Crippen LogP contribution in [0, 0.1) is 0 Å².